The first kappa shape index (κ1) is 12.0. The van der Waals surface area contributed by atoms with Crippen molar-refractivity contribution < 1.29 is 0 Å². The Kier molecular flexibility index (Phi) is 5.54. The predicted octanol–water partition coefficient (Wildman–Crippen LogP) is 3.64. The minimum atomic E-state index is 0.803. The molecule has 0 spiro atoms. The summed E-state index contributed by atoms with van der Waals surface area (Å²) >= 11 is 0. The largest absolute Gasteiger partial charge is 0.297 e. The fourth-order valence-electron chi connectivity index (χ4n) is 2.78. The minimum absolute atomic E-state index is 0.803. The molecule has 1 saturated heterocycles. The van der Waals surface area contributed by atoms with Crippen LogP contribution in [0, 0.1) is 6.92 Å². The number of likely N-dealkylation sites (tertiary alicyclic amines) is 1. The van der Waals surface area contributed by atoms with E-state index >= 15 is 0 Å². The molecule has 2 atom stereocenters. The van der Waals surface area contributed by atoms with Gasteiger partial charge in [-0.1, -0.05) is 33.6 Å². The molecule has 0 aromatic rings. The van der Waals surface area contributed by atoms with Crippen molar-refractivity contribution in [2.24, 2.45) is 0 Å². The number of hydrogen-bond acceptors (Lipinski definition) is 1. The van der Waals surface area contributed by atoms with Gasteiger partial charge in [0.25, 0.3) is 0 Å². The van der Waals surface area contributed by atoms with Gasteiger partial charge in [-0.2, -0.15) is 0 Å². The molecule has 0 bridgehead atoms. The summed E-state index contributed by atoms with van der Waals surface area (Å²) in [6.45, 7) is 9.98. The molecule has 0 amide bonds. The summed E-state index contributed by atoms with van der Waals surface area (Å²) in [5, 5.41) is 0. The molecule has 0 saturated carbocycles. The zero-order valence-corrected chi connectivity index (χ0v) is 9.97. The third-order valence-electron chi connectivity index (χ3n) is 3.62. The van der Waals surface area contributed by atoms with Gasteiger partial charge in [0.05, 0.1) is 0 Å². The Morgan fingerprint density at radius 3 is 2.71 bits per heavy atom. The summed E-state index contributed by atoms with van der Waals surface area (Å²) < 4.78 is 0. The lowest BCUT2D eigenvalue weighted by Gasteiger charge is -2.40. The van der Waals surface area contributed by atoms with Gasteiger partial charge in [-0.25, -0.2) is 0 Å². The van der Waals surface area contributed by atoms with Crippen LogP contribution in [-0.2, 0) is 0 Å². The molecular weight excluding hydrogens is 170 g/mol. The molecule has 0 aromatic heterocycles. The molecule has 0 aliphatic carbocycles. The SMILES string of the molecule is [CH2]CCC(CC)N1CCCCC1CC. The summed E-state index contributed by atoms with van der Waals surface area (Å²) in [4.78, 5) is 2.76. The molecule has 1 fully saturated rings. The molecule has 1 rings (SSSR count). The molecule has 1 nitrogen and oxygen atoms in total. The molecule has 83 valence electrons. The highest BCUT2D eigenvalue weighted by Crippen LogP contribution is 2.24. The molecule has 1 heterocycles. The van der Waals surface area contributed by atoms with E-state index in [2.05, 4.69) is 25.7 Å². The highest BCUT2D eigenvalue weighted by molar-refractivity contribution is 4.81. The van der Waals surface area contributed by atoms with Gasteiger partial charge in [-0.05, 0) is 38.6 Å². The average Bonchev–Trinajstić information content (AvgIpc) is 2.26. The fraction of sp³-hybridized carbons (Fsp3) is 0.923. The maximum atomic E-state index is 3.99. The third-order valence-corrected chi connectivity index (χ3v) is 3.62. The maximum absolute atomic E-state index is 3.99. The van der Waals surface area contributed by atoms with Crippen molar-refractivity contribution in [3.8, 4) is 0 Å². The molecule has 0 aromatic carbocycles. The molecule has 2 unspecified atom stereocenters. The van der Waals surface area contributed by atoms with Crippen LogP contribution in [0.3, 0.4) is 0 Å². The van der Waals surface area contributed by atoms with Gasteiger partial charge in [0.15, 0.2) is 0 Å². The maximum Gasteiger partial charge on any atom is 0.00955 e. The van der Waals surface area contributed by atoms with E-state index < -0.39 is 0 Å². The van der Waals surface area contributed by atoms with Gasteiger partial charge in [-0.15, -0.1) is 0 Å². The smallest absolute Gasteiger partial charge is 0.00955 e. The van der Waals surface area contributed by atoms with Crippen molar-refractivity contribution in [3.05, 3.63) is 6.92 Å². The van der Waals surface area contributed by atoms with Gasteiger partial charge in [0.1, 0.15) is 0 Å². The van der Waals surface area contributed by atoms with Gasteiger partial charge < -0.3 is 0 Å². The van der Waals surface area contributed by atoms with Crippen molar-refractivity contribution in [1.82, 2.24) is 4.90 Å². The van der Waals surface area contributed by atoms with Gasteiger partial charge >= 0.3 is 0 Å². The molecular formula is C13H26N. The van der Waals surface area contributed by atoms with Crippen molar-refractivity contribution in [3.63, 3.8) is 0 Å². The van der Waals surface area contributed by atoms with E-state index in [-0.39, 0.29) is 0 Å². The van der Waals surface area contributed by atoms with Crippen LogP contribution in [0.4, 0.5) is 0 Å². The topological polar surface area (TPSA) is 3.24 Å². The zero-order chi connectivity index (χ0) is 10.4. The number of hydrogen-bond donors (Lipinski definition) is 0. The van der Waals surface area contributed by atoms with Crippen molar-refractivity contribution in [2.45, 2.75) is 70.9 Å². The van der Waals surface area contributed by atoms with Gasteiger partial charge in [0.2, 0.25) is 0 Å². The Hall–Kier alpha value is -0.0400. The first-order valence-electron chi connectivity index (χ1n) is 6.38. The Bertz CT molecular complexity index is 144. The first-order chi connectivity index (χ1) is 6.83. The molecule has 14 heavy (non-hydrogen) atoms. The van der Waals surface area contributed by atoms with Crippen molar-refractivity contribution in [1.29, 1.82) is 0 Å². The molecule has 1 heteroatoms. The van der Waals surface area contributed by atoms with E-state index in [9.17, 15) is 0 Å². The minimum Gasteiger partial charge on any atom is -0.297 e. The van der Waals surface area contributed by atoms with Gasteiger partial charge in [-0.3, -0.25) is 4.90 Å². The molecule has 1 aliphatic rings. The lowest BCUT2D eigenvalue weighted by molar-refractivity contribution is 0.0845. The van der Waals surface area contributed by atoms with E-state index in [1.165, 1.54) is 45.1 Å². The van der Waals surface area contributed by atoms with Crippen LogP contribution in [-0.4, -0.2) is 23.5 Å². The second-order valence-corrected chi connectivity index (χ2v) is 4.50. The number of nitrogens with zero attached hydrogens (tertiary/aromatic N) is 1. The van der Waals surface area contributed by atoms with Crippen molar-refractivity contribution >= 4 is 0 Å². The van der Waals surface area contributed by atoms with Gasteiger partial charge in [0, 0.05) is 12.1 Å². The van der Waals surface area contributed by atoms with Crippen LogP contribution in [0.2, 0.25) is 0 Å². The number of piperidine rings is 1. The zero-order valence-electron chi connectivity index (χ0n) is 9.97. The highest BCUT2D eigenvalue weighted by Gasteiger charge is 2.25. The summed E-state index contributed by atoms with van der Waals surface area (Å²) in [6.07, 6.45) is 9.27. The van der Waals surface area contributed by atoms with E-state index in [0.717, 1.165) is 18.5 Å². The monoisotopic (exact) mass is 196 g/mol. The van der Waals surface area contributed by atoms with Crippen LogP contribution < -0.4 is 0 Å². The summed E-state index contributed by atoms with van der Waals surface area (Å²) in [5.41, 5.74) is 0. The average molecular weight is 196 g/mol. The Balaban J connectivity index is 2.51. The lowest BCUT2D eigenvalue weighted by atomic mass is 9.95. The lowest BCUT2D eigenvalue weighted by Crippen LogP contribution is -2.45. The second kappa shape index (κ2) is 6.44. The van der Waals surface area contributed by atoms with E-state index in [1.54, 1.807) is 0 Å². The quantitative estimate of drug-likeness (QED) is 0.649. The standard InChI is InChI=1S/C13H26N/c1-4-9-12(5-2)14-11-8-7-10-13(14)6-3/h12-13H,1,4-11H2,2-3H3. The van der Waals surface area contributed by atoms with Crippen LogP contribution in [0.25, 0.3) is 0 Å². The van der Waals surface area contributed by atoms with E-state index in [0.29, 0.717) is 0 Å². The Labute approximate surface area is 89.9 Å². The second-order valence-electron chi connectivity index (χ2n) is 4.50. The summed E-state index contributed by atoms with van der Waals surface area (Å²) in [5.74, 6) is 0. The molecule has 1 aliphatic heterocycles. The normalized spacial score (nSPS) is 26.4. The predicted molar refractivity (Wildman–Crippen MR) is 63.3 cm³/mol. The fourth-order valence-corrected chi connectivity index (χ4v) is 2.78. The third kappa shape index (κ3) is 2.98. The summed E-state index contributed by atoms with van der Waals surface area (Å²) in [6, 6.07) is 1.66. The van der Waals surface area contributed by atoms with E-state index in [1.807, 2.05) is 0 Å². The van der Waals surface area contributed by atoms with Crippen LogP contribution in [0.15, 0.2) is 0 Å². The Morgan fingerprint density at radius 1 is 1.36 bits per heavy atom. The van der Waals surface area contributed by atoms with Crippen LogP contribution in [0.5, 0.6) is 0 Å². The summed E-state index contributed by atoms with van der Waals surface area (Å²) in [7, 11) is 0. The molecule has 0 N–H and O–H groups in total. The van der Waals surface area contributed by atoms with E-state index in [4.69, 9.17) is 0 Å². The first-order valence-corrected chi connectivity index (χ1v) is 6.38. The van der Waals surface area contributed by atoms with Crippen molar-refractivity contribution in [2.75, 3.05) is 6.54 Å². The molecule has 1 radical (unpaired) electrons. The van der Waals surface area contributed by atoms with Crippen LogP contribution >= 0.6 is 0 Å². The number of rotatable bonds is 5. The Morgan fingerprint density at radius 2 is 2.14 bits per heavy atom. The highest BCUT2D eigenvalue weighted by atomic mass is 15.2. The van der Waals surface area contributed by atoms with Crippen LogP contribution in [0.1, 0.15) is 58.8 Å².